The number of aromatic nitrogens is 4. The van der Waals surface area contributed by atoms with Gasteiger partial charge in [-0.3, -0.25) is 4.57 Å². The molecule has 0 saturated carbocycles. The minimum absolute atomic E-state index is 0.101. The maximum Gasteiger partial charge on any atom is 0.246 e. The summed E-state index contributed by atoms with van der Waals surface area (Å²) >= 11 is 0. The molecule has 0 unspecified atom stereocenters. The fraction of sp³-hybridized carbons (Fsp3) is 0.545. The molecule has 10 nitrogen and oxygen atoms in total. The summed E-state index contributed by atoms with van der Waals surface area (Å²) < 4.78 is 125. The van der Waals surface area contributed by atoms with Crippen LogP contribution in [0.1, 0.15) is 19.9 Å². The van der Waals surface area contributed by atoms with Gasteiger partial charge in [0, 0.05) is 0 Å². The summed E-state index contributed by atoms with van der Waals surface area (Å²) in [5.74, 6) is -1.87. The molecule has 0 aliphatic carbocycles. The number of nitrogen functional groups attached to an aromatic ring is 1. The van der Waals surface area contributed by atoms with Gasteiger partial charge in [0.25, 0.3) is 0 Å². The average molecular weight is 312 g/mol. The van der Waals surface area contributed by atoms with E-state index in [2.05, 4.69) is 35.0 Å². The molecular weight excluding hydrogens is 282 g/mol. The van der Waals surface area contributed by atoms with Crippen LogP contribution < -0.4 is 10.5 Å². The number of anilines is 1. The first kappa shape index (κ1) is 4.74. The summed E-state index contributed by atoms with van der Waals surface area (Å²) in [6.45, 7) is -3.74. The first-order valence-electron chi connectivity index (χ1n) is 12.3. The van der Waals surface area contributed by atoms with E-state index in [1.54, 1.807) is 0 Å². The van der Waals surface area contributed by atoms with E-state index in [0.717, 1.165) is 0 Å². The summed E-state index contributed by atoms with van der Waals surface area (Å²) in [5.41, 5.74) is -1.85. The predicted molar refractivity (Wildman–Crippen MR) is 69.3 cm³/mol. The molecule has 1 aliphatic rings. The Hall–Kier alpha value is -2.01. The maximum atomic E-state index is 8.75. The first-order valence-corrected chi connectivity index (χ1v) is 5.16. The number of hydrogen-bond acceptors (Lipinski definition) is 9. The van der Waals surface area contributed by atoms with Gasteiger partial charge in [-0.05, 0) is 0 Å². The SMILES string of the molecule is [2H]OC([2H])([2H])[C@@]1([2H])O[C@@]([2H])(n2c([2H])nc3c(OC([2H])([2H])[2H])nc(N([2H])[2H])nc32)[C@@]([2H])(O[2H])[C@]1([2H])O[2H]. The minimum Gasteiger partial charge on any atom is -0.479 e. The Kier molecular flexibility index (Phi) is 1.15. The summed E-state index contributed by atoms with van der Waals surface area (Å²) in [6.07, 6.45) is -16.2. The third-order valence-electron chi connectivity index (χ3n) is 2.49. The van der Waals surface area contributed by atoms with Gasteiger partial charge in [0.15, 0.2) is 20.2 Å². The van der Waals surface area contributed by atoms with Gasteiger partial charge in [0.1, 0.15) is 19.6 Å². The van der Waals surface area contributed by atoms with Crippen molar-refractivity contribution in [2.45, 2.75) is 24.4 Å². The highest BCUT2D eigenvalue weighted by Gasteiger charge is 2.44. The topological polar surface area (TPSA) is 149 Å². The number of nitrogens with two attached hydrogens (primary N) is 1. The van der Waals surface area contributed by atoms with Crippen LogP contribution in [0.2, 0.25) is 2.82 Å². The van der Waals surface area contributed by atoms with Gasteiger partial charge in [-0.25, -0.2) is 4.98 Å². The Labute approximate surface area is 140 Å². The summed E-state index contributed by atoms with van der Waals surface area (Å²) in [7, 11) is -3.18. The molecule has 1 aliphatic heterocycles. The van der Waals surface area contributed by atoms with Crippen LogP contribution in [0.3, 0.4) is 0 Å². The van der Waals surface area contributed by atoms with Crippen molar-refractivity contribution in [2.24, 2.45) is 0 Å². The number of nitrogens with zero attached hydrogens (tertiary/aromatic N) is 4. The Morgan fingerprint density at radius 1 is 1.71 bits per heavy atom. The lowest BCUT2D eigenvalue weighted by molar-refractivity contribution is -0.0511. The fourth-order valence-corrected chi connectivity index (χ4v) is 1.63. The number of imidazole rings is 1. The van der Waals surface area contributed by atoms with Crippen molar-refractivity contribution in [3.05, 3.63) is 6.30 Å². The lowest BCUT2D eigenvalue weighted by atomic mass is 10.1. The molecule has 0 spiro atoms. The predicted octanol–water partition coefficient (Wildman–Crippen LogP) is -1.97. The molecule has 1 fully saturated rings. The Morgan fingerprint density at radius 3 is 3.43 bits per heavy atom. The van der Waals surface area contributed by atoms with Crippen molar-refractivity contribution in [1.29, 1.82) is 4.29 Å². The summed E-state index contributed by atoms with van der Waals surface area (Å²) in [5, 5.41) is 12.0. The van der Waals surface area contributed by atoms with E-state index in [1.807, 2.05) is 0 Å². The molecule has 2 aromatic heterocycles. The molecule has 4 atom stereocenters. The zero-order chi connectivity index (χ0) is 27.7. The molecule has 10 heteroatoms. The van der Waals surface area contributed by atoms with Crippen molar-refractivity contribution < 1.29 is 41.3 Å². The second-order valence-electron chi connectivity index (χ2n) is 3.65. The Morgan fingerprint density at radius 2 is 2.67 bits per heavy atom. The van der Waals surface area contributed by atoms with Crippen LogP contribution in [0, 0.1) is 0 Å². The molecule has 3 rings (SSSR count). The molecule has 114 valence electrons. The molecule has 5 N–H and O–H groups in total. The number of rotatable bonds is 7. The normalized spacial score (nSPS) is 54.4. The summed E-state index contributed by atoms with van der Waals surface area (Å²) in [4.78, 5) is 10.8. The summed E-state index contributed by atoms with van der Waals surface area (Å²) in [6, 6.07) is 0. The fourth-order valence-electron chi connectivity index (χ4n) is 1.63. The van der Waals surface area contributed by atoms with Crippen molar-refractivity contribution in [1.82, 2.24) is 19.5 Å². The third-order valence-corrected chi connectivity index (χ3v) is 2.49. The van der Waals surface area contributed by atoms with Gasteiger partial charge in [-0.1, -0.05) is 0 Å². The zero-order valence-electron chi connectivity index (χ0n) is 24.8. The van der Waals surface area contributed by atoms with Crippen LogP contribution in [0.5, 0.6) is 5.88 Å². The van der Waals surface area contributed by atoms with E-state index < -0.39 is 67.3 Å². The molecular formula is C11H15N5O5. The van der Waals surface area contributed by atoms with Gasteiger partial charge < -0.3 is 30.5 Å². The average Bonchev–Trinajstić information content (AvgIpc) is 3.18. The number of methoxy groups -OCH3 is 1. The van der Waals surface area contributed by atoms with Crippen molar-refractivity contribution >= 4 is 17.1 Å². The molecule has 0 bridgehead atoms. The lowest BCUT2D eigenvalue weighted by Gasteiger charge is -2.16. The Bertz CT molecular complexity index is 1170. The first-order chi connectivity index (χ1) is 16.3. The van der Waals surface area contributed by atoms with E-state index in [-0.39, 0.29) is 10.3 Å². The smallest absolute Gasteiger partial charge is 0.246 e. The minimum atomic E-state index is -3.82. The number of ether oxygens (including phenoxy) is 2. The quantitative estimate of drug-likeness (QED) is 0.456. The maximum absolute atomic E-state index is 8.75. The van der Waals surface area contributed by atoms with Crippen LogP contribution >= 0.6 is 0 Å². The van der Waals surface area contributed by atoms with Crippen LogP contribution in [-0.4, -0.2) is 71.0 Å². The molecule has 0 amide bonds. The Balaban J connectivity index is 2.45. The van der Waals surface area contributed by atoms with Crippen molar-refractivity contribution in [3.63, 3.8) is 0 Å². The van der Waals surface area contributed by atoms with Gasteiger partial charge in [0.2, 0.25) is 16.1 Å². The molecule has 1 saturated heterocycles. The second kappa shape index (κ2) is 5.07. The van der Waals surface area contributed by atoms with Crippen LogP contribution in [0.25, 0.3) is 11.2 Å². The number of aliphatic hydroxyl groups is 3. The van der Waals surface area contributed by atoms with E-state index >= 15 is 0 Å². The number of fused-ring (bicyclic) bond motifs is 1. The van der Waals surface area contributed by atoms with E-state index in [0.29, 0.717) is 0 Å². The molecule has 21 heavy (non-hydrogen) atoms. The van der Waals surface area contributed by atoms with Gasteiger partial charge in [0.05, 0.1) is 32.2 Å². The molecule has 3 heterocycles. The highest BCUT2D eigenvalue weighted by Crippen LogP contribution is 2.32. The third kappa shape index (κ3) is 2.08. The van der Waals surface area contributed by atoms with Crippen molar-refractivity contribution in [2.75, 3.05) is 19.3 Å². The largest absolute Gasteiger partial charge is 0.479 e. The number of hydrogen-bond donors (Lipinski definition) is 4. The van der Waals surface area contributed by atoms with Gasteiger partial charge in [-0.2, -0.15) is 9.97 Å². The van der Waals surface area contributed by atoms with Crippen LogP contribution in [0.15, 0.2) is 6.30 Å². The monoisotopic (exact) mass is 312 g/mol. The highest BCUT2D eigenvalue weighted by molar-refractivity contribution is 5.77. The second-order valence-corrected chi connectivity index (χ2v) is 3.65. The lowest BCUT2D eigenvalue weighted by Crippen LogP contribution is -2.33. The standard InChI is InChI=1S/C11H15N5O5/c1-20-9-5-8(14-11(12)15-9)16(3-13-5)10-7(19)6(18)4(2-17)21-10/h3-4,6-7,10,17-19H,2H2,1H3,(H2,12,14,15)/t4-,6-,7+,10-/m1/s1/i1D3,2D2,3D,4D,6D,7D,10D,17D,18D,19D/hD2. The highest BCUT2D eigenvalue weighted by atomic mass is 16.6. The van der Waals surface area contributed by atoms with Gasteiger partial charge >= 0.3 is 0 Å². The van der Waals surface area contributed by atoms with Gasteiger partial charge in [-0.15, -0.1) is 0 Å². The van der Waals surface area contributed by atoms with Crippen molar-refractivity contribution in [3.8, 4) is 5.88 Å². The zero-order valence-corrected chi connectivity index (χ0v) is 9.78. The van der Waals surface area contributed by atoms with E-state index in [4.69, 9.17) is 25.6 Å². The molecule has 0 radical (unpaired) electrons. The van der Waals surface area contributed by atoms with E-state index in [9.17, 15) is 0 Å². The van der Waals surface area contributed by atoms with Crippen LogP contribution in [0.4, 0.5) is 5.95 Å². The van der Waals surface area contributed by atoms with E-state index in [1.165, 1.54) is 0 Å². The molecule has 0 aromatic carbocycles. The molecule has 2 aromatic rings. The van der Waals surface area contributed by atoms with Crippen LogP contribution in [-0.2, 0) is 4.74 Å².